The molecule has 0 spiro atoms. The summed E-state index contributed by atoms with van der Waals surface area (Å²) in [5.74, 6) is -0.151. The summed E-state index contributed by atoms with van der Waals surface area (Å²) in [6.45, 7) is -0.0893. The lowest BCUT2D eigenvalue weighted by molar-refractivity contribution is 0.0964. The van der Waals surface area contributed by atoms with E-state index in [4.69, 9.17) is 0 Å². The second-order valence-electron chi connectivity index (χ2n) is 5.87. The Labute approximate surface area is 150 Å². The van der Waals surface area contributed by atoms with Crippen molar-refractivity contribution in [3.05, 3.63) is 55.1 Å². The summed E-state index contributed by atoms with van der Waals surface area (Å²) in [6.07, 6.45) is 4.17. The van der Waals surface area contributed by atoms with E-state index in [0.717, 1.165) is 35.7 Å². The van der Waals surface area contributed by atoms with Crippen molar-refractivity contribution in [1.82, 2.24) is 15.0 Å². The molecule has 0 bridgehead atoms. The van der Waals surface area contributed by atoms with Crippen LogP contribution < -0.4 is 5.56 Å². The van der Waals surface area contributed by atoms with Crippen LogP contribution >= 0.6 is 27.3 Å². The van der Waals surface area contributed by atoms with Gasteiger partial charge in [-0.15, -0.1) is 16.4 Å². The molecule has 0 N–H and O–H groups in total. The van der Waals surface area contributed by atoms with Crippen LogP contribution in [0, 0.1) is 0 Å². The number of Topliss-reactive ketones (excluding diaryl/α,β-unsaturated/α-hetero) is 1. The van der Waals surface area contributed by atoms with Crippen LogP contribution in [0.3, 0.4) is 0 Å². The van der Waals surface area contributed by atoms with Gasteiger partial charge in [0, 0.05) is 14.9 Å². The van der Waals surface area contributed by atoms with Crippen LogP contribution in [0.1, 0.15) is 33.6 Å². The standard InChI is InChI=1S/C17H14BrN3O2S/c18-11-7-5-10(6-8-11)13(22)9-21-17(23)15-12-3-1-2-4-14(12)24-16(15)19-20-21/h5-8H,1-4,9H2. The molecule has 0 saturated carbocycles. The van der Waals surface area contributed by atoms with Gasteiger partial charge in [0.25, 0.3) is 5.56 Å². The Morgan fingerprint density at radius 1 is 1.21 bits per heavy atom. The number of benzene rings is 1. The Kier molecular flexibility index (Phi) is 4.05. The van der Waals surface area contributed by atoms with Crippen molar-refractivity contribution in [3.8, 4) is 0 Å². The van der Waals surface area contributed by atoms with E-state index in [9.17, 15) is 9.59 Å². The van der Waals surface area contributed by atoms with E-state index < -0.39 is 0 Å². The van der Waals surface area contributed by atoms with Crippen molar-refractivity contribution in [3.63, 3.8) is 0 Å². The number of aryl methyl sites for hydroxylation is 2. The molecule has 1 aliphatic carbocycles. The van der Waals surface area contributed by atoms with Crippen molar-refractivity contribution in [2.45, 2.75) is 32.2 Å². The maximum Gasteiger partial charge on any atom is 0.279 e. The number of halogens is 1. The van der Waals surface area contributed by atoms with Crippen LogP contribution in [-0.4, -0.2) is 20.8 Å². The summed E-state index contributed by atoms with van der Waals surface area (Å²) in [5.41, 5.74) is 1.47. The topological polar surface area (TPSA) is 64.8 Å². The molecule has 0 aliphatic heterocycles. The van der Waals surface area contributed by atoms with Crippen molar-refractivity contribution < 1.29 is 4.79 Å². The fraction of sp³-hybridized carbons (Fsp3) is 0.294. The third-order valence-electron chi connectivity index (χ3n) is 4.30. The zero-order chi connectivity index (χ0) is 16.7. The first kappa shape index (κ1) is 15.7. The Morgan fingerprint density at radius 3 is 2.75 bits per heavy atom. The molecular weight excluding hydrogens is 390 g/mol. The van der Waals surface area contributed by atoms with Gasteiger partial charge in [-0.25, -0.2) is 4.68 Å². The fourth-order valence-corrected chi connectivity index (χ4v) is 4.53. The number of rotatable bonds is 3. The Hall–Kier alpha value is -1.86. The summed E-state index contributed by atoms with van der Waals surface area (Å²) < 4.78 is 2.09. The molecule has 2 heterocycles. The van der Waals surface area contributed by atoms with Gasteiger partial charge in [0.1, 0.15) is 6.54 Å². The number of hydrogen-bond acceptors (Lipinski definition) is 5. The van der Waals surface area contributed by atoms with E-state index in [1.165, 1.54) is 9.56 Å². The van der Waals surface area contributed by atoms with E-state index in [1.807, 2.05) is 0 Å². The molecule has 0 unspecified atom stereocenters. The second-order valence-corrected chi connectivity index (χ2v) is 7.87. The third kappa shape index (κ3) is 2.71. The van der Waals surface area contributed by atoms with Crippen LogP contribution in [0.15, 0.2) is 33.5 Å². The maximum absolute atomic E-state index is 12.8. The normalized spacial score (nSPS) is 13.9. The Bertz CT molecular complexity index is 991. The lowest BCUT2D eigenvalue weighted by Gasteiger charge is -2.10. The molecule has 0 saturated heterocycles. The first-order chi connectivity index (χ1) is 11.6. The molecule has 0 atom stereocenters. The zero-order valence-electron chi connectivity index (χ0n) is 12.8. The van der Waals surface area contributed by atoms with Gasteiger partial charge in [0.2, 0.25) is 0 Å². The van der Waals surface area contributed by atoms with E-state index in [-0.39, 0.29) is 17.9 Å². The Morgan fingerprint density at radius 2 is 1.96 bits per heavy atom. The average molecular weight is 404 g/mol. The molecular formula is C17H14BrN3O2S. The number of carbonyl (C=O) groups is 1. The molecule has 2 aromatic heterocycles. The predicted molar refractivity (Wildman–Crippen MR) is 96.8 cm³/mol. The van der Waals surface area contributed by atoms with Gasteiger partial charge in [-0.3, -0.25) is 9.59 Å². The van der Waals surface area contributed by atoms with Crippen LogP contribution in [0.4, 0.5) is 0 Å². The highest BCUT2D eigenvalue weighted by Gasteiger charge is 2.21. The molecule has 122 valence electrons. The van der Waals surface area contributed by atoms with Gasteiger partial charge in [-0.1, -0.05) is 33.3 Å². The summed E-state index contributed by atoms with van der Waals surface area (Å²) in [7, 11) is 0. The van der Waals surface area contributed by atoms with Gasteiger partial charge >= 0.3 is 0 Å². The Balaban J connectivity index is 1.72. The van der Waals surface area contributed by atoms with Crippen LogP contribution in [0.5, 0.6) is 0 Å². The smallest absolute Gasteiger partial charge is 0.279 e. The number of nitrogens with zero attached hydrogens (tertiary/aromatic N) is 3. The summed E-state index contributed by atoms with van der Waals surface area (Å²) >= 11 is 4.91. The van der Waals surface area contributed by atoms with Gasteiger partial charge < -0.3 is 0 Å². The van der Waals surface area contributed by atoms with Crippen LogP contribution in [0.25, 0.3) is 10.2 Å². The molecule has 7 heteroatoms. The van der Waals surface area contributed by atoms with Crippen LogP contribution in [-0.2, 0) is 19.4 Å². The molecule has 0 amide bonds. The largest absolute Gasteiger partial charge is 0.292 e. The molecule has 5 nitrogen and oxygen atoms in total. The average Bonchev–Trinajstić information content (AvgIpc) is 2.97. The monoisotopic (exact) mass is 403 g/mol. The molecule has 3 aromatic rings. The molecule has 0 fully saturated rings. The number of ketones is 1. The van der Waals surface area contributed by atoms with Crippen LogP contribution in [0.2, 0.25) is 0 Å². The number of hydrogen-bond donors (Lipinski definition) is 0. The highest BCUT2D eigenvalue weighted by Crippen LogP contribution is 2.33. The van der Waals surface area contributed by atoms with E-state index in [2.05, 4.69) is 26.2 Å². The number of thiophene rings is 1. The minimum atomic E-state index is -0.204. The van der Waals surface area contributed by atoms with E-state index in [1.54, 1.807) is 35.6 Å². The minimum absolute atomic E-state index is 0.0893. The third-order valence-corrected chi connectivity index (χ3v) is 6.01. The zero-order valence-corrected chi connectivity index (χ0v) is 15.2. The number of carbonyl (C=O) groups excluding carboxylic acids is 1. The van der Waals surface area contributed by atoms with Gasteiger partial charge in [-0.05, 0) is 43.4 Å². The van der Waals surface area contributed by atoms with Crippen molar-refractivity contribution in [1.29, 1.82) is 0 Å². The molecule has 24 heavy (non-hydrogen) atoms. The second kappa shape index (κ2) is 6.22. The van der Waals surface area contributed by atoms with Crippen molar-refractivity contribution >= 4 is 43.3 Å². The van der Waals surface area contributed by atoms with Gasteiger partial charge in [0.15, 0.2) is 10.6 Å². The SMILES string of the molecule is O=C(Cn1nnc2sc3c(c2c1=O)CCCC3)c1ccc(Br)cc1. The molecule has 4 rings (SSSR count). The quantitative estimate of drug-likeness (QED) is 0.628. The van der Waals surface area contributed by atoms with E-state index in [0.29, 0.717) is 15.8 Å². The minimum Gasteiger partial charge on any atom is -0.292 e. The molecule has 0 radical (unpaired) electrons. The molecule has 1 aliphatic rings. The highest BCUT2D eigenvalue weighted by molar-refractivity contribution is 9.10. The summed E-state index contributed by atoms with van der Waals surface area (Å²) in [6, 6.07) is 7.08. The number of aromatic nitrogens is 3. The highest BCUT2D eigenvalue weighted by atomic mass is 79.9. The van der Waals surface area contributed by atoms with Gasteiger partial charge in [0.05, 0.1) is 5.39 Å². The first-order valence-electron chi connectivity index (χ1n) is 7.80. The lowest BCUT2D eigenvalue weighted by Crippen LogP contribution is -2.28. The van der Waals surface area contributed by atoms with Crippen molar-refractivity contribution in [2.75, 3.05) is 0 Å². The summed E-state index contributed by atoms with van der Waals surface area (Å²) in [4.78, 5) is 27.1. The first-order valence-corrected chi connectivity index (χ1v) is 9.41. The fourth-order valence-electron chi connectivity index (χ4n) is 3.07. The maximum atomic E-state index is 12.8. The van der Waals surface area contributed by atoms with E-state index >= 15 is 0 Å². The number of fused-ring (bicyclic) bond motifs is 3. The lowest BCUT2D eigenvalue weighted by atomic mass is 9.97. The van der Waals surface area contributed by atoms with Crippen molar-refractivity contribution in [2.24, 2.45) is 0 Å². The predicted octanol–water partition coefficient (Wildman–Crippen LogP) is 3.38. The summed E-state index contributed by atoms with van der Waals surface area (Å²) in [5, 5.41) is 8.81. The molecule has 1 aromatic carbocycles. The van der Waals surface area contributed by atoms with Gasteiger partial charge in [-0.2, -0.15) is 0 Å².